The number of ether oxygens (including phenoxy) is 3. The van der Waals surface area contributed by atoms with Gasteiger partial charge in [0, 0.05) is 19.6 Å². The molecule has 0 aliphatic carbocycles. The van der Waals surface area contributed by atoms with Gasteiger partial charge in [0.05, 0.1) is 25.4 Å². The van der Waals surface area contributed by atoms with Crippen LogP contribution < -0.4 is 0 Å². The van der Waals surface area contributed by atoms with E-state index in [9.17, 15) is 5.11 Å². The van der Waals surface area contributed by atoms with Gasteiger partial charge in [0.25, 0.3) is 0 Å². The fraction of sp³-hybridized carbons (Fsp3) is 0.909. The molecule has 0 aromatic rings. The van der Waals surface area contributed by atoms with E-state index in [0.717, 1.165) is 32.5 Å². The lowest BCUT2D eigenvalue weighted by Crippen LogP contribution is -2.37. The normalized spacial score (nSPS) is 20.0. The molecule has 27 heavy (non-hydrogen) atoms. The van der Waals surface area contributed by atoms with E-state index in [2.05, 4.69) is 13.5 Å². The van der Waals surface area contributed by atoms with E-state index in [4.69, 9.17) is 19.3 Å². The Morgan fingerprint density at radius 2 is 1.70 bits per heavy atom. The quantitative estimate of drug-likeness (QED) is 0.259. The first-order valence-corrected chi connectivity index (χ1v) is 10.7. The van der Waals surface area contributed by atoms with Crippen LogP contribution in [0.5, 0.6) is 0 Å². The summed E-state index contributed by atoms with van der Waals surface area (Å²) in [6.45, 7) is 10.9. The second-order valence-corrected chi connectivity index (χ2v) is 7.71. The van der Waals surface area contributed by atoms with Gasteiger partial charge in [-0.1, -0.05) is 57.9 Å². The predicted molar refractivity (Wildman–Crippen MR) is 111 cm³/mol. The maximum atomic E-state index is 9.60. The minimum absolute atomic E-state index is 0.0405. The van der Waals surface area contributed by atoms with Gasteiger partial charge < -0.3 is 24.4 Å². The zero-order valence-corrected chi connectivity index (χ0v) is 18.0. The Kier molecular flexibility index (Phi) is 17.3. The van der Waals surface area contributed by atoms with Gasteiger partial charge in [-0.25, -0.2) is 0 Å². The van der Waals surface area contributed by atoms with E-state index in [1.807, 2.05) is 0 Å². The summed E-state index contributed by atoms with van der Waals surface area (Å²) in [6.07, 6.45) is 14.2. The number of hydrogen-bond donors (Lipinski definition) is 2. The molecular formula is C22H44O5. The van der Waals surface area contributed by atoms with Crippen molar-refractivity contribution >= 4 is 0 Å². The smallest absolute Gasteiger partial charge is 0.159 e. The van der Waals surface area contributed by atoms with Crippen molar-refractivity contribution in [2.75, 3.05) is 26.4 Å². The molecule has 0 aromatic carbocycles. The highest BCUT2D eigenvalue weighted by Crippen LogP contribution is 2.19. The molecule has 5 nitrogen and oxygen atoms in total. The topological polar surface area (TPSA) is 68.2 Å². The molecule has 5 heteroatoms. The maximum Gasteiger partial charge on any atom is 0.159 e. The highest BCUT2D eigenvalue weighted by Gasteiger charge is 2.25. The van der Waals surface area contributed by atoms with Crippen molar-refractivity contribution in [2.45, 2.75) is 103 Å². The summed E-state index contributed by atoms with van der Waals surface area (Å²) in [4.78, 5) is 0. The van der Waals surface area contributed by atoms with Crippen LogP contribution in [0.25, 0.3) is 0 Å². The van der Waals surface area contributed by atoms with Crippen molar-refractivity contribution in [2.24, 2.45) is 0 Å². The van der Waals surface area contributed by atoms with E-state index in [1.54, 1.807) is 13.8 Å². The van der Waals surface area contributed by atoms with Gasteiger partial charge in [0.2, 0.25) is 0 Å². The van der Waals surface area contributed by atoms with Crippen LogP contribution in [-0.2, 0) is 14.2 Å². The van der Waals surface area contributed by atoms with E-state index in [-0.39, 0.29) is 18.8 Å². The molecule has 0 radical (unpaired) electrons. The van der Waals surface area contributed by atoms with Gasteiger partial charge in [-0.2, -0.15) is 0 Å². The van der Waals surface area contributed by atoms with Gasteiger partial charge in [-0.15, -0.1) is 6.58 Å². The summed E-state index contributed by atoms with van der Waals surface area (Å²) >= 11 is 0. The number of hydrogen-bond acceptors (Lipinski definition) is 5. The summed E-state index contributed by atoms with van der Waals surface area (Å²) in [7, 11) is 0. The third kappa shape index (κ3) is 18.7. The fourth-order valence-electron chi connectivity index (χ4n) is 2.90. The zero-order chi connectivity index (χ0) is 20.4. The Morgan fingerprint density at radius 1 is 1.11 bits per heavy atom. The molecular weight excluding hydrogens is 344 g/mol. The van der Waals surface area contributed by atoms with Crippen molar-refractivity contribution in [3.8, 4) is 0 Å². The Labute approximate surface area is 167 Å². The molecule has 2 atom stereocenters. The maximum absolute atomic E-state index is 9.60. The SMILES string of the molecule is C=CCO.CCCCCCCCCCOC1CCOC(COC(C)(C)O)C1. The van der Waals surface area contributed by atoms with Gasteiger partial charge in [-0.3, -0.25) is 0 Å². The Morgan fingerprint density at radius 3 is 2.26 bits per heavy atom. The molecule has 1 aliphatic rings. The van der Waals surface area contributed by atoms with Gasteiger partial charge in [-0.05, 0) is 26.7 Å². The van der Waals surface area contributed by atoms with Crippen LogP contribution in [0.15, 0.2) is 12.7 Å². The van der Waals surface area contributed by atoms with Gasteiger partial charge >= 0.3 is 0 Å². The second kappa shape index (κ2) is 17.6. The number of unbranched alkanes of at least 4 members (excludes halogenated alkanes) is 7. The van der Waals surface area contributed by atoms with Crippen LogP contribution >= 0.6 is 0 Å². The first-order valence-electron chi connectivity index (χ1n) is 10.7. The van der Waals surface area contributed by atoms with E-state index in [0.29, 0.717) is 6.61 Å². The first-order chi connectivity index (χ1) is 12.9. The number of aliphatic hydroxyl groups is 2. The summed E-state index contributed by atoms with van der Waals surface area (Å²) in [6, 6.07) is 0. The molecule has 0 amide bonds. The highest BCUT2D eigenvalue weighted by atomic mass is 16.6. The Bertz CT molecular complexity index is 327. The average Bonchev–Trinajstić information content (AvgIpc) is 2.65. The lowest BCUT2D eigenvalue weighted by atomic mass is 10.1. The molecule has 1 fully saturated rings. The van der Waals surface area contributed by atoms with Crippen LogP contribution in [0, 0.1) is 0 Å². The molecule has 1 aliphatic heterocycles. The lowest BCUT2D eigenvalue weighted by Gasteiger charge is -2.31. The zero-order valence-electron chi connectivity index (χ0n) is 18.0. The van der Waals surface area contributed by atoms with Gasteiger partial charge in [0.15, 0.2) is 5.79 Å². The van der Waals surface area contributed by atoms with E-state index < -0.39 is 5.79 Å². The van der Waals surface area contributed by atoms with Crippen molar-refractivity contribution in [3.63, 3.8) is 0 Å². The summed E-state index contributed by atoms with van der Waals surface area (Å²) in [5.41, 5.74) is 0. The fourth-order valence-corrected chi connectivity index (χ4v) is 2.90. The third-order valence-electron chi connectivity index (χ3n) is 4.42. The molecule has 0 saturated carbocycles. The number of rotatable bonds is 14. The van der Waals surface area contributed by atoms with Crippen LogP contribution in [-0.4, -0.2) is 54.6 Å². The van der Waals surface area contributed by atoms with Crippen molar-refractivity contribution in [3.05, 3.63) is 12.7 Å². The number of aliphatic hydroxyl groups excluding tert-OH is 1. The molecule has 2 N–H and O–H groups in total. The van der Waals surface area contributed by atoms with Crippen LogP contribution in [0.2, 0.25) is 0 Å². The molecule has 0 bridgehead atoms. The minimum Gasteiger partial charge on any atom is -0.392 e. The lowest BCUT2D eigenvalue weighted by molar-refractivity contribution is -0.204. The van der Waals surface area contributed by atoms with Crippen LogP contribution in [0.3, 0.4) is 0 Å². The molecule has 1 rings (SSSR count). The van der Waals surface area contributed by atoms with E-state index in [1.165, 1.54) is 51.0 Å². The molecule has 1 heterocycles. The Hall–Kier alpha value is -0.460. The van der Waals surface area contributed by atoms with Crippen LogP contribution in [0.1, 0.15) is 85.0 Å². The summed E-state index contributed by atoms with van der Waals surface area (Å²) in [5.74, 6) is -1.09. The standard InChI is InChI=1S/C19H38O4.C3H6O/c1-4-5-6-7-8-9-10-11-13-21-17-12-14-22-18(15-17)16-23-19(2,3)20;1-2-3-4/h17-18,20H,4-16H2,1-3H3;2,4H,1,3H2. The monoisotopic (exact) mass is 388 g/mol. The summed E-state index contributed by atoms with van der Waals surface area (Å²) in [5, 5.41) is 17.4. The highest BCUT2D eigenvalue weighted by molar-refractivity contribution is 4.72. The van der Waals surface area contributed by atoms with Crippen molar-refractivity contribution in [1.29, 1.82) is 0 Å². The van der Waals surface area contributed by atoms with Crippen molar-refractivity contribution in [1.82, 2.24) is 0 Å². The van der Waals surface area contributed by atoms with Crippen LogP contribution in [0.4, 0.5) is 0 Å². The average molecular weight is 389 g/mol. The van der Waals surface area contributed by atoms with Crippen molar-refractivity contribution < 1.29 is 24.4 Å². The first kappa shape index (κ1) is 26.5. The largest absolute Gasteiger partial charge is 0.392 e. The van der Waals surface area contributed by atoms with Gasteiger partial charge in [0.1, 0.15) is 0 Å². The molecule has 162 valence electrons. The molecule has 2 unspecified atom stereocenters. The van der Waals surface area contributed by atoms with E-state index >= 15 is 0 Å². The predicted octanol–water partition coefficient (Wildman–Crippen LogP) is 4.60. The molecule has 1 saturated heterocycles. The minimum atomic E-state index is -1.09. The Balaban J connectivity index is 0.00000153. The second-order valence-electron chi connectivity index (χ2n) is 7.71. The molecule has 0 spiro atoms. The summed E-state index contributed by atoms with van der Waals surface area (Å²) < 4.78 is 17.1. The third-order valence-corrected chi connectivity index (χ3v) is 4.42. The molecule has 0 aromatic heterocycles.